The van der Waals surface area contributed by atoms with Gasteiger partial charge in [-0.2, -0.15) is 0 Å². The van der Waals surface area contributed by atoms with Crippen LogP contribution in [0.1, 0.15) is 41.6 Å². The number of piperazine rings is 1. The normalized spacial score (nSPS) is 22.4. The summed E-state index contributed by atoms with van der Waals surface area (Å²) in [7, 11) is 0. The van der Waals surface area contributed by atoms with Gasteiger partial charge in [0.05, 0.1) is 0 Å². The van der Waals surface area contributed by atoms with E-state index in [4.69, 9.17) is 5.11 Å². The predicted octanol–water partition coefficient (Wildman–Crippen LogP) is 1.56. The summed E-state index contributed by atoms with van der Waals surface area (Å²) in [5, 5.41) is 12.0. The Bertz CT molecular complexity index is 594. The summed E-state index contributed by atoms with van der Waals surface area (Å²) >= 11 is 0. The Balaban J connectivity index is 1.59. The SMILES string of the molecule is O=C(O)C1CN(C(=O)c2ccc(CN3CCCCCC3)cc2)CCN1. The molecule has 1 amide bonds. The van der Waals surface area contributed by atoms with Crippen molar-refractivity contribution in [3.05, 3.63) is 35.4 Å². The zero-order valence-electron chi connectivity index (χ0n) is 14.6. The predicted molar refractivity (Wildman–Crippen MR) is 95.5 cm³/mol. The van der Waals surface area contributed by atoms with Gasteiger partial charge in [0.2, 0.25) is 0 Å². The second-order valence-corrected chi connectivity index (χ2v) is 6.98. The number of nitrogens with zero attached hydrogens (tertiary/aromatic N) is 2. The standard InChI is InChI=1S/C19H27N3O3/c23-18(22-12-9-20-17(14-22)19(24)25)16-7-5-15(6-8-16)13-21-10-3-1-2-4-11-21/h5-8,17,20H,1-4,9-14H2,(H,24,25). The van der Waals surface area contributed by atoms with Crippen molar-refractivity contribution in [3.8, 4) is 0 Å². The Hall–Kier alpha value is -1.92. The van der Waals surface area contributed by atoms with Crippen molar-refractivity contribution in [1.82, 2.24) is 15.1 Å². The van der Waals surface area contributed by atoms with Crippen LogP contribution < -0.4 is 5.32 Å². The maximum absolute atomic E-state index is 12.6. The Morgan fingerprint density at radius 1 is 1.04 bits per heavy atom. The average molecular weight is 345 g/mol. The summed E-state index contributed by atoms with van der Waals surface area (Å²) in [5.74, 6) is -1.00. The van der Waals surface area contributed by atoms with E-state index < -0.39 is 12.0 Å². The molecular formula is C19H27N3O3. The van der Waals surface area contributed by atoms with Gasteiger partial charge in [-0.15, -0.1) is 0 Å². The third-order valence-electron chi connectivity index (χ3n) is 5.07. The van der Waals surface area contributed by atoms with Gasteiger partial charge in [0, 0.05) is 31.7 Å². The van der Waals surface area contributed by atoms with E-state index >= 15 is 0 Å². The highest BCUT2D eigenvalue weighted by Crippen LogP contribution is 2.15. The minimum absolute atomic E-state index is 0.0888. The van der Waals surface area contributed by atoms with E-state index in [9.17, 15) is 9.59 Å². The van der Waals surface area contributed by atoms with Crippen molar-refractivity contribution in [3.63, 3.8) is 0 Å². The number of amides is 1. The summed E-state index contributed by atoms with van der Waals surface area (Å²) in [5.41, 5.74) is 1.85. The van der Waals surface area contributed by atoms with Crippen molar-refractivity contribution in [1.29, 1.82) is 0 Å². The molecule has 0 spiro atoms. The third-order valence-corrected chi connectivity index (χ3v) is 5.07. The summed E-state index contributed by atoms with van der Waals surface area (Å²) in [6, 6.07) is 7.10. The van der Waals surface area contributed by atoms with Gasteiger partial charge in [-0.3, -0.25) is 14.5 Å². The highest BCUT2D eigenvalue weighted by Gasteiger charge is 2.28. The molecule has 1 unspecified atom stereocenters. The van der Waals surface area contributed by atoms with E-state index in [1.807, 2.05) is 24.3 Å². The van der Waals surface area contributed by atoms with Crippen LogP contribution in [0, 0.1) is 0 Å². The molecule has 1 aromatic rings. The van der Waals surface area contributed by atoms with Crippen molar-refractivity contribution >= 4 is 11.9 Å². The molecule has 6 heteroatoms. The lowest BCUT2D eigenvalue weighted by Crippen LogP contribution is -2.55. The number of rotatable bonds is 4. The van der Waals surface area contributed by atoms with Gasteiger partial charge in [0.15, 0.2) is 0 Å². The molecule has 1 aromatic carbocycles. The van der Waals surface area contributed by atoms with Crippen LogP contribution >= 0.6 is 0 Å². The average Bonchev–Trinajstić information content (AvgIpc) is 2.90. The number of benzene rings is 1. The third kappa shape index (κ3) is 4.80. The first-order valence-corrected chi connectivity index (χ1v) is 9.20. The van der Waals surface area contributed by atoms with Gasteiger partial charge in [0.1, 0.15) is 6.04 Å². The lowest BCUT2D eigenvalue weighted by Gasteiger charge is -2.31. The van der Waals surface area contributed by atoms with Gasteiger partial charge in [-0.25, -0.2) is 0 Å². The Morgan fingerprint density at radius 2 is 1.72 bits per heavy atom. The highest BCUT2D eigenvalue weighted by atomic mass is 16.4. The second kappa shape index (κ2) is 8.45. The first-order valence-electron chi connectivity index (χ1n) is 9.20. The van der Waals surface area contributed by atoms with Crippen LogP contribution in [0.4, 0.5) is 0 Å². The zero-order valence-corrected chi connectivity index (χ0v) is 14.6. The fourth-order valence-corrected chi connectivity index (χ4v) is 3.59. The molecule has 3 rings (SSSR count). The summed E-state index contributed by atoms with van der Waals surface area (Å²) in [6.45, 7) is 4.50. The summed E-state index contributed by atoms with van der Waals surface area (Å²) in [4.78, 5) is 27.8. The molecule has 2 saturated heterocycles. The zero-order chi connectivity index (χ0) is 17.6. The number of hydrogen-bond donors (Lipinski definition) is 2. The fourth-order valence-electron chi connectivity index (χ4n) is 3.59. The monoisotopic (exact) mass is 345 g/mol. The molecule has 0 aliphatic carbocycles. The molecule has 0 saturated carbocycles. The van der Waals surface area contributed by atoms with E-state index in [1.54, 1.807) is 4.90 Å². The summed E-state index contributed by atoms with van der Waals surface area (Å²) in [6.07, 6.45) is 5.19. The molecule has 2 heterocycles. The van der Waals surface area contributed by atoms with E-state index in [1.165, 1.54) is 31.2 Å². The van der Waals surface area contributed by atoms with Gasteiger partial charge < -0.3 is 15.3 Å². The van der Waals surface area contributed by atoms with Gasteiger partial charge in [-0.05, 0) is 43.6 Å². The Morgan fingerprint density at radius 3 is 2.36 bits per heavy atom. The van der Waals surface area contributed by atoms with Crippen molar-refractivity contribution in [2.24, 2.45) is 0 Å². The molecule has 25 heavy (non-hydrogen) atoms. The summed E-state index contributed by atoms with van der Waals surface area (Å²) < 4.78 is 0. The Kier molecular flexibility index (Phi) is 6.04. The largest absolute Gasteiger partial charge is 0.480 e. The molecule has 2 aliphatic rings. The van der Waals surface area contributed by atoms with Crippen LogP contribution in [0.5, 0.6) is 0 Å². The first-order chi connectivity index (χ1) is 12.1. The van der Waals surface area contributed by atoms with Crippen molar-refractivity contribution in [2.45, 2.75) is 38.3 Å². The van der Waals surface area contributed by atoms with E-state index in [2.05, 4.69) is 10.2 Å². The van der Waals surface area contributed by atoms with Gasteiger partial charge in [-0.1, -0.05) is 25.0 Å². The number of likely N-dealkylation sites (tertiary alicyclic amines) is 1. The van der Waals surface area contributed by atoms with Crippen molar-refractivity contribution in [2.75, 3.05) is 32.7 Å². The molecule has 136 valence electrons. The number of hydrogen-bond acceptors (Lipinski definition) is 4. The quantitative estimate of drug-likeness (QED) is 0.866. The van der Waals surface area contributed by atoms with Gasteiger partial charge in [0.25, 0.3) is 5.91 Å². The van der Waals surface area contributed by atoms with E-state index in [-0.39, 0.29) is 12.5 Å². The number of carbonyl (C=O) groups is 2. The topological polar surface area (TPSA) is 72.9 Å². The second-order valence-electron chi connectivity index (χ2n) is 6.98. The molecule has 2 aliphatic heterocycles. The van der Waals surface area contributed by atoms with Crippen LogP contribution in [-0.2, 0) is 11.3 Å². The van der Waals surface area contributed by atoms with E-state index in [0.717, 1.165) is 19.6 Å². The molecule has 0 aromatic heterocycles. The minimum atomic E-state index is -0.912. The number of carboxylic acids is 1. The maximum Gasteiger partial charge on any atom is 0.322 e. The molecule has 2 fully saturated rings. The number of nitrogens with one attached hydrogen (secondary N) is 1. The van der Waals surface area contributed by atoms with Crippen LogP contribution in [0.25, 0.3) is 0 Å². The molecule has 1 atom stereocenters. The maximum atomic E-state index is 12.6. The first kappa shape index (κ1) is 17.9. The van der Waals surface area contributed by atoms with Crippen molar-refractivity contribution < 1.29 is 14.7 Å². The fraction of sp³-hybridized carbons (Fsp3) is 0.579. The van der Waals surface area contributed by atoms with Crippen LogP contribution in [0.2, 0.25) is 0 Å². The number of carboxylic acid groups (broad SMARTS) is 1. The number of aliphatic carboxylic acids is 1. The molecular weight excluding hydrogens is 318 g/mol. The minimum Gasteiger partial charge on any atom is -0.480 e. The number of carbonyl (C=O) groups excluding carboxylic acids is 1. The van der Waals surface area contributed by atoms with Crippen LogP contribution in [-0.4, -0.2) is 65.5 Å². The Labute approximate surface area is 148 Å². The molecule has 6 nitrogen and oxygen atoms in total. The van der Waals surface area contributed by atoms with Crippen LogP contribution in [0.3, 0.4) is 0 Å². The lowest BCUT2D eigenvalue weighted by atomic mass is 10.1. The molecule has 0 radical (unpaired) electrons. The van der Waals surface area contributed by atoms with Crippen LogP contribution in [0.15, 0.2) is 24.3 Å². The van der Waals surface area contributed by atoms with E-state index in [0.29, 0.717) is 18.7 Å². The smallest absolute Gasteiger partial charge is 0.322 e. The molecule has 0 bridgehead atoms. The lowest BCUT2D eigenvalue weighted by molar-refractivity contribution is -0.140. The molecule has 2 N–H and O–H groups in total. The highest BCUT2D eigenvalue weighted by molar-refractivity contribution is 5.94. The van der Waals surface area contributed by atoms with Gasteiger partial charge >= 0.3 is 5.97 Å².